The first kappa shape index (κ1) is 46.7. The number of hydrogen-bond donors (Lipinski definition) is 1. The van der Waals surface area contributed by atoms with E-state index in [1.807, 2.05) is 31.2 Å². The second kappa shape index (κ2) is 23.0. The Bertz CT molecular complexity index is 1860. The quantitative estimate of drug-likeness (QED) is 0.181. The van der Waals surface area contributed by atoms with E-state index in [1.54, 1.807) is 12.4 Å². The first-order chi connectivity index (χ1) is 26.4. The van der Waals surface area contributed by atoms with Gasteiger partial charge in [0, 0.05) is 25.5 Å². The Balaban J connectivity index is 0.000000291. The van der Waals surface area contributed by atoms with Gasteiger partial charge in [-0.05, 0) is 105 Å². The Kier molecular flexibility index (Phi) is 18.8. The van der Waals surface area contributed by atoms with Crippen LogP contribution >= 0.6 is 0 Å². The Morgan fingerprint density at radius 1 is 0.719 bits per heavy atom. The Hall–Kier alpha value is -3.01. The van der Waals surface area contributed by atoms with Crippen molar-refractivity contribution in [3.05, 3.63) is 107 Å². The topological polar surface area (TPSA) is 163 Å². The molecule has 2 aromatic heterocycles. The second-order valence-corrected chi connectivity index (χ2v) is 14.1. The molecule has 0 unspecified atom stereocenters. The van der Waals surface area contributed by atoms with E-state index in [-0.39, 0.29) is 107 Å². The molecule has 0 amide bonds. The van der Waals surface area contributed by atoms with E-state index in [9.17, 15) is 9.59 Å². The number of benzene rings is 2. The van der Waals surface area contributed by atoms with E-state index in [0.717, 1.165) is 76.1 Å². The van der Waals surface area contributed by atoms with Crippen molar-refractivity contribution in [2.24, 2.45) is 11.8 Å². The number of carboxylic acids is 1. The first-order valence-electron chi connectivity index (χ1n) is 18.9. The van der Waals surface area contributed by atoms with Crippen molar-refractivity contribution < 1.29 is 116 Å². The smallest absolute Gasteiger partial charge is 1.00 e. The third-order valence-corrected chi connectivity index (χ3v) is 10.4. The fraction of sp³-hybridized carbons (Fsp3) is 0.429. The van der Waals surface area contributed by atoms with Crippen LogP contribution in [0.2, 0.25) is 0 Å². The molecular formula is C42H50KLiN4O9. The van der Waals surface area contributed by atoms with E-state index < -0.39 is 5.97 Å². The molecule has 6 heterocycles. The van der Waals surface area contributed by atoms with Crippen molar-refractivity contribution in [2.45, 2.75) is 57.9 Å². The maximum atomic E-state index is 11.9. The number of piperidine rings is 2. The minimum atomic E-state index is -0.667. The maximum absolute atomic E-state index is 11.9. The van der Waals surface area contributed by atoms with Crippen LogP contribution in [-0.4, -0.2) is 88.3 Å². The van der Waals surface area contributed by atoms with Gasteiger partial charge in [0.2, 0.25) is 0 Å². The molecule has 8 rings (SSSR count). The Morgan fingerprint density at radius 3 is 1.54 bits per heavy atom. The summed E-state index contributed by atoms with van der Waals surface area (Å²) in [4.78, 5) is 36.1. The molecule has 294 valence electrons. The monoisotopic (exact) mass is 800 g/mol. The molecule has 2 aromatic carbocycles. The molecular weight excluding hydrogens is 751 g/mol. The number of nitrogens with zero attached hydrogens (tertiary/aromatic N) is 4. The Labute approximate surface area is 390 Å². The van der Waals surface area contributed by atoms with Gasteiger partial charge in [-0.1, -0.05) is 48.5 Å². The second-order valence-electron chi connectivity index (χ2n) is 14.1. The van der Waals surface area contributed by atoms with E-state index >= 15 is 0 Å². The number of carboxylic acid groups (broad SMARTS) is 1. The third-order valence-electron chi connectivity index (χ3n) is 10.4. The summed E-state index contributed by atoms with van der Waals surface area (Å²) >= 11 is 0. The third kappa shape index (κ3) is 12.7. The molecule has 2 fully saturated rings. The number of aliphatic carboxylic acids is 1. The van der Waals surface area contributed by atoms with Crippen molar-refractivity contribution in [2.75, 3.05) is 46.0 Å². The van der Waals surface area contributed by atoms with Crippen LogP contribution in [0.1, 0.15) is 68.5 Å². The van der Waals surface area contributed by atoms with Crippen LogP contribution in [0.4, 0.5) is 0 Å². The molecule has 0 radical (unpaired) electrons. The number of carbonyl (C=O) groups is 2. The molecule has 4 aromatic rings. The van der Waals surface area contributed by atoms with Gasteiger partial charge >= 0.3 is 82.2 Å². The first-order valence-corrected chi connectivity index (χ1v) is 18.9. The summed E-state index contributed by atoms with van der Waals surface area (Å²) in [5, 5.41) is 9.08. The molecule has 15 heteroatoms. The summed E-state index contributed by atoms with van der Waals surface area (Å²) in [7, 11) is 0. The van der Waals surface area contributed by atoms with Crippen molar-refractivity contribution in [1.29, 1.82) is 0 Å². The molecule has 0 saturated carbocycles. The van der Waals surface area contributed by atoms with Crippen LogP contribution in [0.15, 0.2) is 85.2 Å². The summed E-state index contributed by atoms with van der Waals surface area (Å²) in [6.07, 6.45) is 6.31. The van der Waals surface area contributed by atoms with Crippen molar-refractivity contribution in [1.82, 2.24) is 19.8 Å². The van der Waals surface area contributed by atoms with E-state index in [0.29, 0.717) is 43.1 Å². The van der Waals surface area contributed by atoms with Gasteiger partial charge in [-0.15, -0.1) is 0 Å². The van der Waals surface area contributed by atoms with Crippen LogP contribution in [0.5, 0.6) is 23.3 Å². The summed E-state index contributed by atoms with van der Waals surface area (Å²) in [6, 6.07) is 24.2. The predicted octanol–water partition coefficient (Wildman–Crippen LogP) is 0.204. The average molecular weight is 801 g/mol. The SMILES string of the molecule is CCOC(=O)C1CCN(Cc2ccc([C@H]3COc4cccnc4O3)cc2)CC1.O=C(O)C1CCN(Cc2ccc([C@H]3COc4cccnc4O3)cc2)CC1.[H-].[K+].[Li+].[OH-]. The van der Waals surface area contributed by atoms with Gasteiger partial charge < -0.3 is 35.7 Å². The fourth-order valence-corrected chi connectivity index (χ4v) is 7.26. The molecule has 13 nitrogen and oxygen atoms in total. The molecule has 2 N–H and O–H groups in total. The van der Waals surface area contributed by atoms with Crippen LogP contribution in [0.25, 0.3) is 0 Å². The minimum Gasteiger partial charge on any atom is -1.00 e. The van der Waals surface area contributed by atoms with Gasteiger partial charge in [-0.2, -0.15) is 0 Å². The van der Waals surface area contributed by atoms with Gasteiger partial charge in [0.1, 0.15) is 13.2 Å². The van der Waals surface area contributed by atoms with E-state index in [2.05, 4.69) is 68.3 Å². The molecule has 4 aliphatic rings. The molecule has 57 heavy (non-hydrogen) atoms. The number of pyridine rings is 2. The Morgan fingerprint density at radius 2 is 1.14 bits per heavy atom. The van der Waals surface area contributed by atoms with E-state index in [4.69, 9.17) is 28.8 Å². The standard InChI is InChI=1S/C22H26N2O4.C20H22N2O4.K.Li.H2O.H/c1-2-26-22(25)18-9-12-24(13-10-18)14-16-5-7-17(8-6-16)20-15-27-19-4-3-11-23-21(19)28-20;23-20(24)16-7-10-22(11-8-16)12-14-3-5-15(6-4-14)18-13-25-17-2-1-9-21-19(17)26-18;;;;/h3-8,11,18,20H,2,9-10,12-15H2,1H3;1-6,9,16,18H,7-8,10-13H2,(H,23,24);;;1H2;/q;;2*+1;;-1/p-1/t20-;18-;;;;/m11..../s1. The fourth-order valence-electron chi connectivity index (χ4n) is 7.26. The summed E-state index contributed by atoms with van der Waals surface area (Å²) in [6.45, 7) is 8.53. The van der Waals surface area contributed by atoms with Crippen LogP contribution < -0.4 is 89.2 Å². The van der Waals surface area contributed by atoms with Gasteiger partial charge in [-0.25, -0.2) is 9.97 Å². The van der Waals surface area contributed by atoms with Gasteiger partial charge in [0.05, 0.1) is 18.4 Å². The van der Waals surface area contributed by atoms with Crippen LogP contribution in [0, 0.1) is 11.8 Å². The number of carbonyl (C=O) groups excluding carboxylic acids is 1. The summed E-state index contributed by atoms with van der Waals surface area (Å²) in [5.41, 5.74) is 4.63. The number of aromatic nitrogens is 2. The largest absolute Gasteiger partial charge is 1.00 e. The number of fused-ring (bicyclic) bond motifs is 2. The van der Waals surface area contributed by atoms with Crippen molar-refractivity contribution in [3.63, 3.8) is 0 Å². The number of ether oxygens (including phenoxy) is 5. The minimum absolute atomic E-state index is 0. The van der Waals surface area contributed by atoms with Gasteiger partial charge in [0.15, 0.2) is 23.7 Å². The van der Waals surface area contributed by atoms with Crippen molar-refractivity contribution >= 4 is 11.9 Å². The zero-order valence-corrected chi connectivity index (χ0v) is 36.2. The molecule has 2 saturated heterocycles. The molecule has 2 atom stereocenters. The number of esters is 1. The van der Waals surface area contributed by atoms with Crippen molar-refractivity contribution in [3.8, 4) is 23.3 Å². The average Bonchev–Trinajstić information content (AvgIpc) is 3.22. The van der Waals surface area contributed by atoms with Gasteiger partial charge in [0.25, 0.3) is 11.8 Å². The molecule has 0 aliphatic carbocycles. The summed E-state index contributed by atoms with van der Waals surface area (Å²) in [5.74, 6) is 1.62. The molecule has 0 bridgehead atoms. The molecule has 4 aliphatic heterocycles. The zero-order chi connectivity index (χ0) is 37.3. The predicted molar refractivity (Wildman–Crippen MR) is 202 cm³/mol. The zero-order valence-electron chi connectivity index (χ0n) is 34.1. The summed E-state index contributed by atoms with van der Waals surface area (Å²) < 4.78 is 28.5. The number of likely N-dealkylation sites (tertiary alicyclic amines) is 2. The molecule has 0 spiro atoms. The maximum Gasteiger partial charge on any atom is 1.00 e. The van der Waals surface area contributed by atoms with Gasteiger partial charge in [-0.3, -0.25) is 19.4 Å². The van der Waals surface area contributed by atoms with Crippen LogP contribution in [0.3, 0.4) is 0 Å². The number of hydrogen-bond acceptors (Lipinski definition) is 12. The number of rotatable bonds is 9. The normalized spacial score (nSPS) is 19.2. The van der Waals surface area contributed by atoms with Crippen LogP contribution in [-0.2, 0) is 27.4 Å². The van der Waals surface area contributed by atoms with E-state index in [1.165, 1.54) is 11.1 Å².